The molecule has 0 spiro atoms. The number of ether oxygens (including phenoxy) is 1. The lowest BCUT2D eigenvalue weighted by Gasteiger charge is -2.37. The van der Waals surface area contributed by atoms with E-state index in [-0.39, 0.29) is 35.1 Å². The fourth-order valence-corrected chi connectivity index (χ4v) is 6.71. The normalized spacial score (nSPS) is 20.2. The maximum Gasteiger partial charge on any atom is 0.281 e. The molecular weight excluding hydrogens is 624 g/mol. The van der Waals surface area contributed by atoms with E-state index in [1.807, 2.05) is 25.7 Å². The number of carbonyl (C=O) groups is 2. The highest BCUT2D eigenvalue weighted by molar-refractivity contribution is 5.87. The van der Waals surface area contributed by atoms with E-state index in [1.54, 1.807) is 6.08 Å². The predicted octanol–water partition coefficient (Wildman–Crippen LogP) is 2.00. The number of anilines is 3. The Labute approximate surface area is 279 Å². The van der Waals surface area contributed by atoms with Crippen LogP contribution < -0.4 is 15.5 Å². The molecule has 4 fully saturated rings. The van der Waals surface area contributed by atoms with Gasteiger partial charge in [0, 0.05) is 77.6 Å². The largest absolute Gasteiger partial charge is 0.378 e. The number of morpholine rings is 1. The predicted molar refractivity (Wildman–Crippen MR) is 175 cm³/mol. The van der Waals surface area contributed by atoms with Gasteiger partial charge in [0.05, 0.1) is 18.8 Å². The average Bonchev–Trinajstić information content (AvgIpc) is 3.12. The summed E-state index contributed by atoms with van der Waals surface area (Å²) in [5.74, 6) is 0.881. The van der Waals surface area contributed by atoms with E-state index in [4.69, 9.17) is 15.5 Å². The number of piperidine rings is 2. The molecule has 260 valence electrons. The Morgan fingerprint density at radius 3 is 2.19 bits per heavy atom. The van der Waals surface area contributed by atoms with Gasteiger partial charge in [-0.15, -0.1) is 0 Å². The lowest BCUT2D eigenvalue weighted by atomic mass is 9.92. The summed E-state index contributed by atoms with van der Waals surface area (Å²) in [5.41, 5.74) is 5.05. The van der Waals surface area contributed by atoms with E-state index in [1.165, 1.54) is 25.5 Å². The molecular formula is C32H45F2N11O3. The van der Waals surface area contributed by atoms with E-state index in [0.717, 1.165) is 32.5 Å². The second-order valence-electron chi connectivity index (χ2n) is 12.8. The molecule has 0 saturated carbocycles. The van der Waals surface area contributed by atoms with Gasteiger partial charge < -0.3 is 30.1 Å². The van der Waals surface area contributed by atoms with E-state index in [9.17, 15) is 18.4 Å². The van der Waals surface area contributed by atoms with Gasteiger partial charge in [0.25, 0.3) is 6.43 Å². The molecule has 0 unspecified atom stereocenters. The molecule has 14 nitrogen and oxygen atoms in total. The van der Waals surface area contributed by atoms with Gasteiger partial charge in [-0.2, -0.15) is 15.0 Å². The zero-order valence-electron chi connectivity index (χ0n) is 27.4. The van der Waals surface area contributed by atoms with Gasteiger partial charge in [-0.1, -0.05) is 12.5 Å². The number of likely N-dealkylation sites (tertiary alicyclic amines) is 2. The van der Waals surface area contributed by atoms with Crippen LogP contribution >= 0.6 is 0 Å². The van der Waals surface area contributed by atoms with Crippen LogP contribution in [0, 0.1) is 5.92 Å². The van der Waals surface area contributed by atoms with Crippen LogP contribution in [0.3, 0.4) is 0 Å². The summed E-state index contributed by atoms with van der Waals surface area (Å²) < 4.78 is 33.3. The van der Waals surface area contributed by atoms with Gasteiger partial charge in [-0.3, -0.25) is 14.5 Å². The van der Waals surface area contributed by atoms with Crippen molar-refractivity contribution in [1.82, 2.24) is 39.6 Å². The minimum atomic E-state index is -2.90. The van der Waals surface area contributed by atoms with Gasteiger partial charge in [0.2, 0.25) is 29.7 Å². The number of nitrogen functional groups attached to an aromatic ring is 1. The highest BCUT2D eigenvalue weighted by Gasteiger charge is 2.29. The van der Waals surface area contributed by atoms with Gasteiger partial charge in [0.15, 0.2) is 5.82 Å². The first-order valence-electron chi connectivity index (χ1n) is 17.0. The monoisotopic (exact) mass is 669 g/mol. The van der Waals surface area contributed by atoms with Crippen molar-refractivity contribution in [3.63, 3.8) is 0 Å². The van der Waals surface area contributed by atoms with Crippen molar-refractivity contribution in [2.24, 2.45) is 5.92 Å². The molecule has 2 aromatic rings. The third-order valence-corrected chi connectivity index (χ3v) is 9.57. The molecule has 6 heterocycles. The Hall–Kier alpha value is -4.05. The molecule has 2 N–H and O–H groups in total. The van der Waals surface area contributed by atoms with E-state index in [2.05, 4.69) is 24.8 Å². The molecule has 48 heavy (non-hydrogen) atoms. The number of aromatic nitrogens is 5. The van der Waals surface area contributed by atoms with Crippen molar-refractivity contribution in [2.75, 3.05) is 101 Å². The average molecular weight is 670 g/mol. The van der Waals surface area contributed by atoms with E-state index >= 15 is 0 Å². The van der Waals surface area contributed by atoms with Crippen molar-refractivity contribution in [3.05, 3.63) is 24.0 Å². The molecule has 4 aliphatic rings. The third-order valence-electron chi connectivity index (χ3n) is 9.57. The quantitative estimate of drug-likeness (QED) is 0.389. The number of amides is 2. The van der Waals surface area contributed by atoms with Crippen LogP contribution in [0.25, 0.3) is 11.4 Å². The molecule has 0 radical (unpaired) electrons. The van der Waals surface area contributed by atoms with Crippen LogP contribution in [-0.2, 0) is 14.3 Å². The zero-order valence-corrected chi connectivity index (χ0v) is 27.4. The van der Waals surface area contributed by atoms with Crippen LogP contribution in [0.1, 0.15) is 50.6 Å². The second-order valence-corrected chi connectivity index (χ2v) is 12.8. The number of nitrogens with two attached hydrogens (primary N) is 1. The molecule has 4 saturated heterocycles. The maximum atomic E-state index is 13.9. The number of nitrogens with zero attached hydrogens (tertiary/aromatic N) is 10. The van der Waals surface area contributed by atoms with Crippen molar-refractivity contribution in [1.29, 1.82) is 0 Å². The summed E-state index contributed by atoms with van der Waals surface area (Å²) in [6.07, 6.45) is 7.84. The minimum Gasteiger partial charge on any atom is -0.378 e. The van der Waals surface area contributed by atoms with Crippen LogP contribution in [0.15, 0.2) is 18.3 Å². The smallest absolute Gasteiger partial charge is 0.281 e. The summed E-state index contributed by atoms with van der Waals surface area (Å²) in [6, 6.07) is 0. The Morgan fingerprint density at radius 1 is 0.854 bits per heavy atom. The molecule has 0 atom stereocenters. The Kier molecular flexibility index (Phi) is 11.2. The number of alkyl halides is 2. The van der Waals surface area contributed by atoms with Crippen LogP contribution in [0.5, 0.6) is 0 Å². The zero-order chi connectivity index (χ0) is 33.5. The second kappa shape index (κ2) is 15.9. The minimum absolute atomic E-state index is 0.00704. The molecule has 2 amide bonds. The molecule has 16 heteroatoms. The summed E-state index contributed by atoms with van der Waals surface area (Å²) in [5, 5.41) is 0. The molecule has 0 aromatic carbocycles. The number of rotatable bonds is 9. The third kappa shape index (κ3) is 8.50. The Bertz CT molecular complexity index is 1440. The van der Waals surface area contributed by atoms with Gasteiger partial charge in [-0.25, -0.2) is 18.7 Å². The van der Waals surface area contributed by atoms with Crippen LogP contribution in [0.2, 0.25) is 0 Å². The summed E-state index contributed by atoms with van der Waals surface area (Å²) in [7, 11) is 0. The first-order chi connectivity index (χ1) is 23.3. The SMILES string of the molecule is Nc1ncc(-c2nc(N3CCOCC3)nc(N3CCN(C(=O)CC4CCN(C(=O)/C=C/CN5CCCCC5)CC4)CC3)n2)c(C(F)F)n1. The van der Waals surface area contributed by atoms with Gasteiger partial charge in [-0.05, 0) is 44.7 Å². The Balaban J connectivity index is 1.03. The fourth-order valence-electron chi connectivity index (χ4n) is 6.71. The topological polar surface area (TPSA) is 150 Å². The van der Waals surface area contributed by atoms with Crippen molar-refractivity contribution in [3.8, 4) is 11.4 Å². The number of carbonyl (C=O) groups excluding carboxylic acids is 2. The molecule has 4 aliphatic heterocycles. The fraction of sp³-hybridized carbons (Fsp3) is 0.656. The number of piperazine rings is 1. The summed E-state index contributed by atoms with van der Waals surface area (Å²) in [6.45, 7) is 8.38. The van der Waals surface area contributed by atoms with Crippen LogP contribution in [-0.4, -0.2) is 137 Å². The molecule has 0 aliphatic carbocycles. The van der Waals surface area contributed by atoms with Crippen molar-refractivity contribution in [2.45, 2.75) is 45.0 Å². The summed E-state index contributed by atoms with van der Waals surface area (Å²) >= 11 is 0. The van der Waals surface area contributed by atoms with Gasteiger partial charge >= 0.3 is 0 Å². The molecule has 6 rings (SSSR count). The first kappa shape index (κ1) is 33.8. The van der Waals surface area contributed by atoms with E-state index in [0.29, 0.717) is 83.9 Å². The number of hydrogen-bond acceptors (Lipinski definition) is 12. The van der Waals surface area contributed by atoms with Crippen LogP contribution in [0.4, 0.5) is 26.6 Å². The standard InChI is InChI=1S/C32H45F2N11O3/c33-28(34)27-24(22-36-30(35)37-27)29-38-31(40-32(39-29)45-17-19-48-20-18-45)44-15-13-43(14-16-44)26(47)21-23-6-11-42(12-7-23)25(46)5-4-10-41-8-2-1-3-9-41/h4-5,22-23,28H,1-3,6-21H2,(H2,35,36,37)/b5-4+. The van der Waals surface area contributed by atoms with Crippen molar-refractivity contribution >= 4 is 29.7 Å². The highest BCUT2D eigenvalue weighted by Crippen LogP contribution is 2.30. The lowest BCUT2D eigenvalue weighted by molar-refractivity contribution is -0.133. The molecule has 2 aromatic heterocycles. The number of halogens is 2. The lowest BCUT2D eigenvalue weighted by Crippen LogP contribution is -2.50. The highest BCUT2D eigenvalue weighted by atomic mass is 19.3. The maximum absolute atomic E-state index is 13.9. The summed E-state index contributed by atoms with van der Waals surface area (Å²) in [4.78, 5) is 57.5. The first-order valence-corrected chi connectivity index (χ1v) is 17.0. The number of hydrogen-bond donors (Lipinski definition) is 1. The van der Waals surface area contributed by atoms with E-state index < -0.39 is 12.1 Å². The van der Waals surface area contributed by atoms with Crippen molar-refractivity contribution < 1.29 is 23.1 Å². The van der Waals surface area contributed by atoms with Gasteiger partial charge in [0.1, 0.15) is 5.69 Å². The molecule has 0 bridgehead atoms. The Morgan fingerprint density at radius 2 is 1.52 bits per heavy atom.